The molecule has 0 atom stereocenters. The minimum absolute atomic E-state index is 0.0749. The van der Waals surface area contributed by atoms with Crippen molar-refractivity contribution < 1.29 is 14.2 Å². The number of allylic oxidation sites excluding steroid dienone is 4. The van der Waals surface area contributed by atoms with Crippen molar-refractivity contribution >= 4 is 15.9 Å². The Hall–Kier alpha value is -0.770. The summed E-state index contributed by atoms with van der Waals surface area (Å²) in [6.07, 6.45) is 2.04. The van der Waals surface area contributed by atoms with Gasteiger partial charge in [-0.1, -0.05) is 20.4 Å². The van der Waals surface area contributed by atoms with E-state index in [-0.39, 0.29) is 10.2 Å². The molecule has 0 saturated carbocycles. The van der Waals surface area contributed by atoms with Crippen LogP contribution in [0.5, 0.6) is 0 Å². The Morgan fingerprint density at radius 2 is 2.07 bits per heavy atom. The molecule has 0 aliphatic heterocycles. The van der Waals surface area contributed by atoms with Gasteiger partial charge in [-0.05, 0) is 15.9 Å². The molecule has 2 nitrogen and oxygen atoms in total. The third-order valence-corrected chi connectivity index (χ3v) is 2.17. The third-order valence-electron chi connectivity index (χ3n) is 1.49. The second-order valence-corrected chi connectivity index (χ2v) is 3.45. The standard InChI is InChI=1S/C10H14BrFO2/c1-4-7(3)14-10(12)6-8(11)9(13)5-2/h6,13H,3-5H2,1-2H3/b9-8-,10-6+. The van der Waals surface area contributed by atoms with Gasteiger partial charge in [-0.2, -0.15) is 4.39 Å². The van der Waals surface area contributed by atoms with Gasteiger partial charge in [0.05, 0.1) is 10.2 Å². The van der Waals surface area contributed by atoms with E-state index in [2.05, 4.69) is 27.2 Å². The van der Waals surface area contributed by atoms with Crippen LogP contribution in [-0.4, -0.2) is 5.11 Å². The summed E-state index contributed by atoms with van der Waals surface area (Å²) in [5.41, 5.74) is 0. The summed E-state index contributed by atoms with van der Waals surface area (Å²) >= 11 is 3.02. The molecule has 14 heavy (non-hydrogen) atoms. The van der Waals surface area contributed by atoms with E-state index in [0.29, 0.717) is 18.6 Å². The van der Waals surface area contributed by atoms with E-state index in [1.807, 2.05) is 6.92 Å². The number of aliphatic hydroxyl groups is 1. The highest BCUT2D eigenvalue weighted by Gasteiger charge is 2.02. The molecular formula is C10H14BrFO2. The highest BCUT2D eigenvalue weighted by atomic mass is 79.9. The molecule has 0 spiro atoms. The first-order chi connectivity index (χ1) is 6.51. The number of rotatable bonds is 5. The van der Waals surface area contributed by atoms with E-state index in [9.17, 15) is 9.50 Å². The van der Waals surface area contributed by atoms with Crippen LogP contribution >= 0.6 is 15.9 Å². The number of hydrogen-bond acceptors (Lipinski definition) is 2. The lowest BCUT2D eigenvalue weighted by Gasteiger charge is -2.03. The minimum Gasteiger partial charge on any atom is -0.511 e. The molecule has 0 saturated heterocycles. The molecule has 1 N–H and O–H groups in total. The van der Waals surface area contributed by atoms with Crippen LogP contribution in [0, 0.1) is 0 Å². The van der Waals surface area contributed by atoms with Gasteiger partial charge in [0.2, 0.25) is 0 Å². The molecule has 0 unspecified atom stereocenters. The van der Waals surface area contributed by atoms with Crippen LogP contribution in [0.15, 0.2) is 34.7 Å². The Balaban J connectivity index is 4.45. The first-order valence-electron chi connectivity index (χ1n) is 4.31. The van der Waals surface area contributed by atoms with Crippen molar-refractivity contribution in [2.24, 2.45) is 0 Å². The SMILES string of the molecule is C=C(CC)O/C(F)=C/C(Br)=C(/O)CC. The summed E-state index contributed by atoms with van der Waals surface area (Å²) < 4.78 is 18.0. The average Bonchev–Trinajstić information content (AvgIpc) is 2.15. The highest BCUT2D eigenvalue weighted by molar-refractivity contribution is 9.11. The molecule has 0 aromatic heterocycles. The van der Waals surface area contributed by atoms with Gasteiger partial charge in [0.25, 0.3) is 6.01 Å². The second-order valence-electron chi connectivity index (χ2n) is 2.59. The molecule has 0 heterocycles. The lowest BCUT2D eigenvalue weighted by Crippen LogP contribution is -1.87. The van der Waals surface area contributed by atoms with Crippen molar-refractivity contribution in [3.63, 3.8) is 0 Å². The molecule has 80 valence electrons. The molecule has 0 rings (SSSR count). The van der Waals surface area contributed by atoms with Gasteiger partial charge < -0.3 is 9.84 Å². The van der Waals surface area contributed by atoms with E-state index >= 15 is 0 Å². The summed E-state index contributed by atoms with van der Waals surface area (Å²) in [6.45, 7) is 7.06. The Morgan fingerprint density at radius 3 is 2.50 bits per heavy atom. The highest BCUT2D eigenvalue weighted by Crippen LogP contribution is 2.19. The van der Waals surface area contributed by atoms with Crippen LogP contribution in [0.1, 0.15) is 26.7 Å². The van der Waals surface area contributed by atoms with Crippen molar-refractivity contribution in [2.75, 3.05) is 0 Å². The van der Waals surface area contributed by atoms with Gasteiger partial charge in [-0.3, -0.25) is 0 Å². The summed E-state index contributed by atoms with van der Waals surface area (Å²) in [5, 5.41) is 9.21. The van der Waals surface area contributed by atoms with E-state index in [0.717, 1.165) is 6.08 Å². The van der Waals surface area contributed by atoms with Crippen LogP contribution in [-0.2, 0) is 4.74 Å². The topological polar surface area (TPSA) is 29.5 Å². The normalized spacial score (nSPS) is 13.6. The zero-order chi connectivity index (χ0) is 11.1. The fourth-order valence-electron chi connectivity index (χ4n) is 0.591. The van der Waals surface area contributed by atoms with Crippen LogP contribution in [0.3, 0.4) is 0 Å². The molecule has 0 aliphatic rings. The molecule has 0 amide bonds. The van der Waals surface area contributed by atoms with E-state index < -0.39 is 6.01 Å². The fraction of sp³-hybridized carbons (Fsp3) is 0.400. The maximum absolute atomic E-state index is 13.0. The largest absolute Gasteiger partial charge is 0.511 e. The van der Waals surface area contributed by atoms with E-state index in [4.69, 9.17) is 0 Å². The van der Waals surface area contributed by atoms with Gasteiger partial charge in [0, 0.05) is 18.9 Å². The van der Waals surface area contributed by atoms with Crippen LogP contribution in [0.25, 0.3) is 0 Å². The van der Waals surface area contributed by atoms with Gasteiger partial charge in [0.1, 0.15) is 5.76 Å². The molecule has 0 bridgehead atoms. The van der Waals surface area contributed by atoms with Crippen molar-refractivity contribution in [1.82, 2.24) is 0 Å². The van der Waals surface area contributed by atoms with E-state index in [1.165, 1.54) is 0 Å². The first kappa shape index (κ1) is 13.2. The second kappa shape index (κ2) is 6.65. The van der Waals surface area contributed by atoms with Crippen LogP contribution in [0.4, 0.5) is 4.39 Å². The van der Waals surface area contributed by atoms with Crippen molar-refractivity contribution in [3.8, 4) is 0 Å². The summed E-state index contributed by atoms with van der Waals surface area (Å²) in [4.78, 5) is 0. The predicted molar refractivity (Wildman–Crippen MR) is 58.6 cm³/mol. The maximum atomic E-state index is 13.0. The van der Waals surface area contributed by atoms with Crippen molar-refractivity contribution in [3.05, 3.63) is 34.7 Å². The van der Waals surface area contributed by atoms with Crippen LogP contribution < -0.4 is 0 Å². The summed E-state index contributed by atoms with van der Waals surface area (Å²) in [5.74, 6) is 0.417. The Bertz CT molecular complexity index is 269. The van der Waals surface area contributed by atoms with Gasteiger partial charge in [-0.25, -0.2) is 0 Å². The number of ether oxygens (including phenoxy) is 1. The molecule has 0 fully saturated rings. The van der Waals surface area contributed by atoms with Crippen LogP contribution in [0.2, 0.25) is 0 Å². The third kappa shape index (κ3) is 5.07. The van der Waals surface area contributed by atoms with Crippen molar-refractivity contribution in [2.45, 2.75) is 26.7 Å². The molecule has 0 aromatic rings. The van der Waals surface area contributed by atoms with Gasteiger partial charge >= 0.3 is 0 Å². The van der Waals surface area contributed by atoms with Gasteiger partial charge in [0.15, 0.2) is 0 Å². The van der Waals surface area contributed by atoms with Gasteiger partial charge in [-0.15, -0.1) is 0 Å². The Labute approximate surface area is 91.9 Å². The quantitative estimate of drug-likeness (QED) is 0.592. The number of aliphatic hydroxyl groups excluding tert-OH is 1. The predicted octanol–water partition coefficient (Wildman–Crippen LogP) is 4.31. The van der Waals surface area contributed by atoms with Crippen molar-refractivity contribution in [1.29, 1.82) is 0 Å². The molecule has 4 heteroatoms. The lowest BCUT2D eigenvalue weighted by atomic mass is 10.3. The summed E-state index contributed by atoms with van der Waals surface area (Å²) in [6, 6.07) is -0.788. The maximum Gasteiger partial charge on any atom is 0.279 e. The average molecular weight is 265 g/mol. The number of halogens is 2. The molecule has 0 radical (unpaired) electrons. The monoisotopic (exact) mass is 264 g/mol. The zero-order valence-electron chi connectivity index (χ0n) is 8.31. The number of hydrogen-bond donors (Lipinski definition) is 1. The Kier molecular flexibility index (Phi) is 6.28. The fourth-order valence-corrected chi connectivity index (χ4v) is 1.05. The zero-order valence-corrected chi connectivity index (χ0v) is 9.90. The Morgan fingerprint density at radius 1 is 1.50 bits per heavy atom. The lowest BCUT2D eigenvalue weighted by molar-refractivity contribution is 0.209. The molecule has 0 aliphatic carbocycles. The minimum atomic E-state index is -0.788. The first-order valence-corrected chi connectivity index (χ1v) is 5.11. The molecular weight excluding hydrogens is 251 g/mol. The summed E-state index contributed by atoms with van der Waals surface area (Å²) in [7, 11) is 0. The smallest absolute Gasteiger partial charge is 0.279 e. The van der Waals surface area contributed by atoms with E-state index in [1.54, 1.807) is 6.92 Å². The molecule has 0 aromatic carbocycles.